The zero-order chi connectivity index (χ0) is 24.6. The summed E-state index contributed by atoms with van der Waals surface area (Å²) in [6.45, 7) is 0.850. The summed E-state index contributed by atoms with van der Waals surface area (Å²) in [5.74, 6) is -0.0577. The summed E-state index contributed by atoms with van der Waals surface area (Å²) in [6.07, 6.45) is -13.5. The van der Waals surface area contributed by atoms with Crippen LogP contribution >= 0.6 is 34.8 Å². The Labute approximate surface area is 203 Å². The van der Waals surface area contributed by atoms with Gasteiger partial charge >= 0.3 is 0 Å². The molecule has 3 rings (SSSR count). The third kappa shape index (κ3) is 5.30. The van der Waals surface area contributed by atoms with Gasteiger partial charge in [-0.25, -0.2) is 0 Å². The van der Waals surface area contributed by atoms with E-state index in [9.17, 15) is 30.6 Å². The van der Waals surface area contributed by atoms with E-state index in [0.29, 0.717) is 5.56 Å². The quantitative estimate of drug-likeness (QED) is 0.281. The minimum absolute atomic E-state index is 0.0151. The van der Waals surface area contributed by atoms with Crippen molar-refractivity contribution in [1.29, 1.82) is 0 Å². The molecule has 0 saturated carbocycles. The number of hydrogen-bond donors (Lipinski definition) is 6. The van der Waals surface area contributed by atoms with Crippen molar-refractivity contribution in [2.24, 2.45) is 0 Å². The molecule has 1 aromatic carbocycles. The molecule has 2 saturated heterocycles. The van der Waals surface area contributed by atoms with E-state index >= 15 is 0 Å². The highest BCUT2D eigenvalue weighted by Crippen LogP contribution is 2.48. The lowest BCUT2D eigenvalue weighted by atomic mass is 9.99. The van der Waals surface area contributed by atoms with E-state index in [-0.39, 0.29) is 33.2 Å². The fourth-order valence-corrected chi connectivity index (χ4v) is 4.35. The summed E-state index contributed by atoms with van der Waals surface area (Å²) in [5.41, 5.74) is 0.379. The van der Waals surface area contributed by atoms with Crippen LogP contribution in [-0.4, -0.2) is 106 Å². The Balaban J connectivity index is 1.76. The van der Waals surface area contributed by atoms with Crippen LogP contribution in [0.1, 0.15) is 5.56 Å². The maximum absolute atomic E-state index is 10.4. The lowest BCUT2D eigenvalue weighted by molar-refractivity contribution is -0.307. The van der Waals surface area contributed by atoms with Gasteiger partial charge in [0.2, 0.25) is 6.29 Å². The van der Waals surface area contributed by atoms with Crippen LogP contribution in [0.15, 0.2) is 0 Å². The van der Waals surface area contributed by atoms with E-state index in [1.165, 1.54) is 7.11 Å². The maximum atomic E-state index is 10.4. The van der Waals surface area contributed by atoms with Crippen LogP contribution in [0, 0.1) is 6.92 Å². The van der Waals surface area contributed by atoms with Crippen molar-refractivity contribution in [3.05, 3.63) is 20.6 Å². The number of rotatable bonds is 6. The zero-order valence-electron chi connectivity index (χ0n) is 17.5. The molecular formula is C19H25Cl3O11. The molecule has 2 aliphatic rings. The van der Waals surface area contributed by atoms with E-state index in [1.807, 2.05) is 0 Å². The predicted octanol–water partition coefficient (Wildman–Crippen LogP) is -0.394. The van der Waals surface area contributed by atoms with Crippen LogP contribution in [0.3, 0.4) is 0 Å². The second-order valence-electron chi connectivity index (χ2n) is 7.65. The molecule has 33 heavy (non-hydrogen) atoms. The van der Waals surface area contributed by atoms with Gasteiger partial charge in [-0.05, 0) is 12.5 Å². The number of halogens is 3. The lowest BCUT2D eigenvalue weighted by Gasteiger charge is -2.41. The molecule has 2 heterocycles. The van der Waals surface area contributed by atoms with Crippen molar-refractivity contribution in [2.75, 3.05) is 20.3 Å². The Morgan fingerprint density at radius 3 is 2.06 bits per heavy atom. The predicted molar refractivity (Wildman–Crippen MR) is 114 cm³/mol. The third-order valence-electron chi connectivity index (χ3n) is 5.44. The monoisotopic (exact) mass is 534 g/mol. The average molecular weight is 536 g/mol. The van der Waals surface area contributed by atoms with Gasteiger partial charge < -0.3 is 54.3 Å². The minimum atomic E-state index is -1.71. The molecule has 0 spiro atoms. The molecule has 0 aliphatic carbocycles. The van der Waals surface area contributed by atoms with Crippen molar-refractivity contribution in [2.45, 2.75) is 62.2 Å². The second-order valence-corrected chi connectivity index (χ2v) is 8.78. The van der Waals surface area contributed by atoms with Gasteiger partial charge in [0, 0.05) is 0 Å². The zero-order valence-corrected chi connectivity index (χ0v) is 19.7. The first-order chi connectivity index (χ1) is 15.5. The Bertz CT molecular complexity index is 844. The first-order valence-corrected chi connectivity index (χ1v) is 11.0. The normalized spacial score (nSPS) is 37.1. The molecule has 11 nitrogen and oxygen atoms in total. The van der Waals surface area contributed by atoms with Gasteiger partial charge in [-0.15, -0.1) is 0 Å². The van der Waals surface area contributed by atoms with E-state index in [2.05, 4.69) is 0 Å². The fraction of sp³-hybridized carbons (Fsp3) is 0.684. The fourth-order valence-electron chi connectivity index (χ4n) is 3.40. The molecule has 1 aromatic rings. The molecule has 2 aliphatic heterocycles. The van der Waals surface area contributed by atoms with Gasteiger partial charge in [-0.2, -0.15) is 0 Å². The van der Waals surface area contributed by atoms with Crippen LogP contribution < -0.4 is 9.47 Å². The van der Waals surface area contributed by atoms with Crippen LogP contribution in [0.25, 0.3) is 0 Å². The van der Waals surface area contributed by atoms with Gasteiger partial charge in [-0.1, -0.05) is 34.8 Å². The first kappa shape index (κ1) is 26.9. The van der Waals surface area contributed by atoms with Crippen LogP contribution in [-0.2, 0) is 14.2 Å². The van der Waals surface area contributed by atoms with Crippen molar-refractivity contribution in [3.8, 4) is 11.5 Å². The van der Waals surface area contributed by atoms with Crippen molar-refractivity contribution in [1.82, 2.24) is 0 Å². The van der Waals surface area contributed by atoms with Gasteiger partial charge in [0.15, 0.2) is 17.8 Å². The van der Waals surface area contributed by atoms with Crippen molar-refractivity contribution in [3.63, 3.8) is 0 Å². The molecular weight excluding hydrogens is 511 g/mol. The molecule has 0 bridgehead atoms. The van der Waals surface area contributed by atoms with Crippen molar-refractivity contribution < 1.29 is 54.3 Å². The molecule has 0 amide bonds. The molecule has 6 N–H and O–H groups in total. The van der Waals surface area contributed by atoms with Gasteiger partial charge in [-0.3, -0.25) is 0 Å². The van der Waals surface area contributed by atoms with E-state index in [1.54, 1.807) is 6.92 Å². The Kier molecular flexibility index (Phi) is 8.93. The number of benzene rings is 1. The van der Waals surface area contributed by atoms with Crippen LogP contribution in [0.5, 0.6) is 11.5 Å². The lowest BCUT2D eigenvalue weighted by Crippen LogP contribution is -2.61. The topological polar surface area (TPSA) is 168 Å². The number of ether oxygens (including phenoxy) is 5. The summed E-state index contributed by atoms with van der Waals surface area (Å²) in [4.78, 5) is 0. The number of hydrogen-bond acceptors (Lipinski definition) is 11. The Hall–Kier alpha value is -0.670. The molecule has 14 heteroatoms. The van der Waals surface area contributed by atoms with E-state index in [0.717, 1.165) is 0 Å². The molecule has 0 unspecified atom stereocenters. The van der Waals surface area contributed by atoms with E-state index < -0.39 is 61.9 Å². The summed E-state index contributed by atoms with van der Waals surface area (Å²) in [7, 11) is 1.33. The van der Waals surface area contributed by atoms with Crippen molar-refractivity contribution >= 4 is 34.8 Å². The average Bonchev–Trinajstić information content (AvgIpc) is 2.79. The largest absolute Gasteiger partial charge is 0.493 e. The number of methoxy groups -OCH3 is 1. The number of aliphatic hydroxyl groups is 6. The molecule has 188 valence electrons. The molecule has 9 atom stereocenters. The second kappa shape index (κ2) is 10.9. The Morgan fingerprint density at radius 2 is 1.42 bits per heavy atom. The van der Waals surface area contributed by atoms with Gasteiger partial charge in [0.05, 0.1) is 30.4 Å². The van der Waals surface area contributed by atoms with Gasteiger partial charge in [0.1, 0.15) is 47.8 Å². The standard InChI is InChI=1S/C19H25Cl3O11/c1-5-8(20)16(29-2)10(22)17(9(5)21)33-19-15(28)13(26)12(25)7(32-19)4-31-18-14(27)11(24)6(23)3-30-18/h6-7,11-15,18-19,23-28H,3-4H2,1-2H3/t6-,7-,11-,12-,13-,14-,15-,18+,19+/m1/s1. The number of aliphatic hydroxyl groups excluding tert-OH is 6. The highest BCUT2D eigenvalue weighted by molar-refractivity contribution is 6.43. The molecule has 0 aromatic heterocycles. The minimum Gasteiger partial charge on any atom is -0.493 e. The maximum Gasteiger partial charge on any atom is 0.229 e. The summed E-state index contributed by atoms with van der Waals surface area (Å²) in [6, 6.07) is 0. The SMILES string of the molecule is COc1c(Cl)c(C)c(Cl)c(O[C@@H]2O[C@H](CO[C@@H]3OC[C@@H](O)[C@@H](O)[C@H]3O)[C@@H](O)[C@@H](O)[C@H]2O)c1Cl. The summed E-state index contributed by atoms with van der Waals surface area (Å²) >= 11 is 18.8. The smallest absolute Gasteiger partial charge is 0.229 e. The molecule has 0 radical (unpaired) electrons. The highest BCUT2D eigenvalue weighted by atomic mass is 35.5. The molecule has 2 fully saturated rings. The summed E-state index contributed by atoms with van der Waals surface area (Å²) in [5, 5.41) is 60.3. The highest BCUT2D eigenvalue weighted by Gasteiger charge is 2.47. The summed E-state index contributed by atoms with van der Waals surface area (Å²) < 4.78 is 26.9. The third-order valence-corrected chi connectivity index (χ3v) is 6.70. The van der Waals surface area contributed by atoms with E-state index in [4.69, 9.17) is 58.5 Å². The Morgan fingerprint density at radius 1 is 0.818 bits per heavy atom. The van der Waals surface area contributed by atoms with Crippen LogP contribution in [0.2, 0.25) is 15.1 Å². The first-order valence-electron chi connectivity index (χ1n) is 9.84. The van der Waals surface area contributed by atoms with Gasteiger partial charge in [0.25, 0.3) is 0 Å². The van der Waals surface area contributed by atoms with Crippen LogP contribution in [0.4, 0.5) is 0 Å².